The molecule has 1 amide bonds. The van der Waals surface area contributed by atoms with Gasteiger partial charge in [0.15, 0.2) is 0 Å². The average Bonchev–Trinajstić information content (AvgIpc) is 2.67. The SMILES string of the molecule is Cc1cc2ccccc2n1CCC(=O)N1CCOC[C@H](O)C1. The quantitative estimate of drug-likeness (QED) is 0.936. The molecule has 22 heavy (non-hydrogen) atoms. The predicted octanol–water partition coefficient (Wildman–Crippen LogP) is 1.56. The van der Waals surface area contributed by atoms with Crippen LogP contribution in [0.15, 0.2) is 30.3 Å². The molecule has 5 heteroatoms. The Balaban J connectivity index is 1.68. The Morgan fingerprint density at radius 1 is 1.41 bits per heavy atom. The Kier molecular flexibility index (Phi) is 4.45. The zero-order valence-corrected chi connectivity index (χ0v) is 12.9. The van der Waals surface area contributed by atoms with E-state index in [4.69, 9.17) is 4.74 Å². The molecule has 0 bridgehead atoms. The minimum Gasteiger partial charge on any atom is -0.389 e. The number of rotatable bonds is 3. The van der Waals surface area contributed by atoms with Crippen molar-refractivity contribution >= 4 is 16.8 Å². The van der Waals surface area contributed by atoms with Crippen LogP contribution in [0, 0.1) is 6.92 Å². The number of aliphatic hydroxyl groups excluding tert-OH is 1. The lowest BCUT2D eigenvalue weighted by Gasteiger charge is -2.21. The number of ether oxygens (including phenoxy) is 1. The summed E-state index contributed by atoms with van der Waals surface area (Å²) in [4.78, 5) is 14.1. The third-order valence-corrected chi connectivity index (χ3v) is 4.17. The number of carbonyl (C=O) groups excluding carboxylic acids is 1. The summed E-state index contributed by atoms with van der Waals surface area (Å²) in [5.74, 6) is 0.0710. The second-order valence-electron chi connectivity index (χ2n) is 5.81. The van der Waals surface area contributed by atoms with E-state index in [1.807, 2.05) is 12.1 Å². The van der Waals surface area contributed by atoms with Gasteiger partial charge in [0.1, 0.15) is 0 Å². The van der Waals surface area contributed by atoms with Crippen molar-refractivity contribution in [2.24, 2.45) is 0 Å². The molecule has 3 rings (SSSR count). The molecule has 1 aliphatic rings. The molecule has 0 unspecified atom stereocenters. The fraction of sp³-hybridized carbons (Fsp3) is 0.471. The maximum atomic E-state index is 12.4. The highest BCUT2D eigenvalue weighted by molar-refractivity contribution is 5.81. The molecule has 1 aromatic carbocycles. The van der Waals surface area contributed by atoms with Crippen LogP contribution in [0.3, 0.4) is 0 Å². The van der Waals surface area contributed by atoms with Gasteiger partial charge in [0.05, 0.1) is 19.3 Å². The van der Waals surface area contributed by atoms with Gasteiger partial charge in [-0.25, -0.2) is 0 Å². The Hall–Kier alpha value is -1.85. The molecule has 0 saturated carbocycles. The van der Waals surface area contributed by atoms with Crippen LogP contribution in [0.4, 0.5) is 0 Å². The molecule has 0 radical (unpaired) electrons. The van der Waals surface area contributed by atoms with Gasteiger partial charge in [0.25, 0.3) is 0 Å². The van der Waals surface area contributed by atoms with E-state index in [1.54, 1.807) is 4.90 Å². The van der Waals surface area contributed by atoms with Crippen molar-refractivity contribution in [2.45, 2.75) is 26.0 Å². The van der Waals surface area contributed by atoms with Gasteiger partial charge in [-0.05, 0) is 24.4 Å². The van der Waals surface area contributed by atoms with Crippen LogP contribution in [0.5, 0.6) is 0 Å². The second-order valence-corrected chi connectivity index (χ2v) is 5.81. The molecule has 5 nitrogen and oxygen atoms in total. The van der Waals surface area contributed by atoms with Gasteiger partial charge in [-0.2, -0.15) is 0 Å². The number of β-amino-alcohol motifs (C(OH)–C–C–N with tert-alkyl or cyclic N) is 1. The molecule has 1 aliphatic heterocycles. The number of benzene rings is 1. The fourth-order valence-corrected chi connectivity index (χ4v) is 3.03. The lowest BCUT2D eigenvalue weighted by atomic mass is 10.2. The van der Waals surface area contributed by atoms with E-state index in [2.05, 4.69) is 29.7 Å². The van der Waals surface area contributed by atoms with Crippen LogP contribution in [0.1, 0.15) is 12.1 Å². The molecule has 1 N–H and O–H groups in total. The summed E-state index contributed by atoms with van der Waals surface area (Å²) in [6.45, 7) is 4.45. The first-order valence-corrected chi connectivity index (χ1v) is 7.73. The van der Waals surface area contributed by atoms with E-state index in [-0.39, 0.29) is 5.91 Å². The van der Waals surface area contributed by atoms with Crippen LogP contribution in [0.2, 0.25) is 0 Å². The first-order valence-electron chi connectivity index (χ1n) is 7.73. The first-order chi connectivity index (χ1) is 10.6. The predicted molar refractivity (Wildman–Crippen MR) is 84.7 cm³/mol. The van der Waals surface area contributed by atoms with Crippen molar-refractivity contribution in [2.75, 3.05) is 26.3 Å². The van der Waals surface area contributed by atoms with E-state index < -0.39 is 6.10 Å². The van der Waals surface area contributed by atoms with Gasteiger partial charge < -0.3 is 19.3 Å². The van der Waals surface area contributed by atoms with E-state index >= 15 is 0 Å². The topological polar surface area (TPSA) is 54.7 Å². The molecule has 1 aromatic heterocycles. The minimum absolute atomic E-state index is 0.0710. The van der Waals surface area contributed by atoms with E-state index in [9.17, 15) is 9.90 Å². The van der Waals surface area contributed by atoms with Crippen LogP contribution >= 0.6 is 0 Å². The van der Waals surface area contributed by atoms with Crippen molar-refractivity contribution in [1.29, 1.82) is 0 Å². The molecule has 1 atom stereocenters. The highest BCUT2D eigenvalue weighted by Crippen LogP contribution is 2.19. The number of aromatic nitrogens is 1. The van der Waals surface area contributed by atoms with Crippen molar-refractivity contribution in [3.63, 3.8) is 0 Å². The van der Waals surface area contributed by atoms with Crippen molar-refractivity contribution < 1.29 is 14.6 Å². The number of amides is 1. The summed E-state index contributed by atoms with van der Waals surface area (Å²) in [6.07, 6.45) is -0.146. The van der Waals surface area contributed by atoms with Crippen LogP contribution in [-0.2, 0) is 16.1 Å². The summed E-state index contributed by atoms with van der Waals surface area (Å²) < 4.78 is 7.44. The zero-order chi connectivity index (χ0) is 15.5. The van der Waals surface area contributed by atoms with Gasteiger partial charge in [-0.15, -0.1) is 0 Å². The highest BCUT2D eigenvalue weighted by Gasteiger charge is 2.20. The molecular formula is C17H22N2O3. The lowest BCUT2D eigenvalue weighted by molar-refractivity contribution is -0.132. The van der Waals surface area contributed by atoms with Gasteiger partial charge in [0.2, 0.25) is 5.91 Å². The third-order valence-electron chi connectivity index (χ3n) is 4.17. The number of aryl methyl sites for hydroxylation is 2. The van der Waals surface area contributed by atoms with Crippen molar-refractivity contribution in [1.82, 2.24) is 9.47 Å². The molecule has 2 aromatic rings. The molecule has 1 saturated heterocycles. The maximum absolute atomic E-state index is 12.4. The molecule has 0 aliphatic carbocycles. The molecule has 1 fully saturated rings. The van der Waals surface area contributed by atoms with Gasteiger partial charge in [-0.3, -0.25) is 4.79 Å². The normalized spacial score (nSPS) is 19.4. The molecule has 0 spiro atoms. The van der Waals surface area contributed by atoms with E-state index in [1.165, 1.54) is 5.39 Å². The molecular weight excluding hydrogens is 280 g/mol. The Labute approximate surface area is 130 Å². The Morgan fingerprint density at radius 2 is 2.23 bits per heavy atom. The van der Waals surface area contributed by atoms with Gasteiger partial charge >= 0.3 is 0 Å². The number of nitrogens with zero attached hydrogens (tertiary/aromatic N) is 2. The van der Waals surface area contributed by atoms with E-state index in [0.717, 1.165) is 11.2 Å². The average molecular weight is 302 g/mol. The standard InChI is InChI=1S/C17H22N2O3/c1-13-10-14-4-2-3-5-16(14)19(13)7-6-17(21)18-8-9-22-12-15(20)11-18/h2-5,10,15,20H,6-9,11-12H2,1H3/t15-/m1/s1. The molecule has 118 valence electrons. The number of aliphatic hydroxyl groups is 1. The monoisotopic (exact) mass is 302 g/mol. The van der Waals surface area contributed by atoms with Crippen LogP contribution in [0.25, 0.3) is 10.9 Å². The summed E-state index contributed by atoms with van der Waals surface area (Å²) in [7, 11) is 0. The summed E-state index contributed by atoms with van der Waals surface area (Å²) in [6, 6.07) is 10.3. The highest BCUT2D eigenvalue weighted by atomic mass is 16.5. The number of fused-ring (bicyclic) bond motifs is 1. The lowest BCUT2D eigenvalue weighted by Crippen LogP contribution is -2.38. The number of carbonyl (C=O) groups is 1. The third kappa shape index (κ3) is 3.15. The van der Waals surface area contributed by atoms with E-state index in [0.29, 0.717) is 39.3 Å². The Morgan fingerprint density at radius 3 is 3.09 bits per heavy atom. The molecule has 2 heterocycles. The maximum Gasteiger partial charge on any atom is 0.224 e. The number of para-hydroxylation sites is 1. The largest absolute Gasteiger partial charge is 0.389 e. The fourth-order valence-electron chi connectivity index (χ4n) is 3.03. The van der Waals surface area contributed by atoms with Crippen LogP contribution < -0.4 is 0 Å². The van der Waals surface area contributed by atoms with Gasteiger partial charge in [0, 0.05) is 37.3 Å². The summed E-state index contributed by atoms with van der Waals surface area (Å²) in [5, 5.41) is 10.9. The minimum atomic E-state index is -0.583. The summed E-state index contributed by atoms with van der Waals surface area (Å²) >= 11 is 0. The van der Waals surface area contributed by atoms with Gasteiger partial charge in [-0.1, -0.05) is 18.2 Å². The van der Waals surface area contributed by atoms with Crippen molar-refractivity contribution in [3.05, 3.63) is 36.0 Å². The van der Waals surface area contributed by atoms with Crippen molar-refractivity contribution in [3.8, 4) is 0 Å². The first kappa shape index (κ1) is 15.1. The Bertz CT molecular complexity index is 665. The number of hydrogen-bond acceptors (Lipinski definition) is 3. The number of hydrogen-bond donors (Lipinski definition) is 1. The zero-order valence-electron chi connectivity index (χ0n) is 12.9. The smallest absolute Gasteiger partial charge is 0.224 e. The van der Waals surface area contributed by atoms with Crippen LogP contribution in [-0.4, -0.2) is 52.9 Å². The summed E-state index contributed by atoms with van der Waals surface area (Å²) in [5.41, 5.74) is 2.32. The second kappa shape index (κ2) is 6.50.